The Kier molecular flexibility index (Phi) is 10.5. The van der Waals surface area contributed by atoms with E-state index in [0.717, 1.165) is 64.6 Å². The van der Waals surface area contributed by atoms with Crippen LogP contribution in [0.4, 0.5) is 16.2 Å². The number of piperidine rings is 1. The topological polar surface area (TPSA) is 82.1 Å². The zero-order valence-electron chi connectivity index (χ0n) is 28.7. The maximum absolute atomic E-state index is 13.1. The van der Waals surface area contributed by atoms with Crippen LogP contribution in [0.25, 0.3) is 21.9 Å². The number of likely N-dealkylation sites (tertiary alicyclic amines) is 1. The summed E-state index contributed by atoms with van der Waals surface area (Å²) in [5, 5.41) is 15.8. The number of hydrogen-bond donors (Lipinski definition) is 2. The molecule has 0 atom stereocenters. The first-order valence-corrected chi connectivity index (χ1v) is 19.6. The summed E-state index contributed by atoms with van der Waals surface area (Å²) in [6.45, 7) is 13.6. The molecule has 0 spiro atoms. The highest BCUT2D eigenvalue weighted by molar-refractivity contribution is 6.74. The highest BCUT2D eigenvalue weighted by Crippen LogP contribution is 2.38. The molecule has 1 aliphatic rings. The Hall–Kier alpha value is -3.98. The lowest BCUT2D eigenvalue weighted by atomic mass is 9.96. The average Bonchev–Trinajstić information content (AvgIpc) is 3.03. The van der Waals surface area contributed by atoms with E-state index in [1.807, 2.05) is 66.7 Å². The SMILES string of the molecule is CN1CCC(N(C(=O)O)c2cc(CCC(=O)Nc3ccc4cc(CO[Si](C)(C)C(C)(C)C)ccc4c3)ccc2-c2ccccc2)CC1. The Labute approximate surface area is 280 Å². The number of fused-ring (bicyclic) bond motifs is 1. The maximum Gasteiger partial charge on any atom is 0.412 e. The number of benzene rings is 4. The minimum atomic E-state index is -1.84. The average molecular weight is 652 g/mol. The van der Waals surface area contributed by atoms with E-state index in [1.54, 1.807) is 4.90 Å². The largest absolute Gasteiger partial charge is 0.465 e. The van der Waals surface area contributed by atoms with Crippen LogP contribution in [0.3, 0.4) is 0 Å². The molecule has 5 rings (SSSR count). The second kappa shape index (κ2) is 14.4. The monoisotopic (exact) mass is 651 g/mol. The number of amides is 2. The van der Waals surface area contributed by atoms with Crippen molar-refractivity contribution in [2.45, 2.75) is 77.2 Å². The van der Waals surface area contributed by atoms with Gasteiger partial charge in [0.2, 0.25) is 5.91 Å². The van der Waals surface area contributed by atoms with Crippen LogP contribution in [0.5, 0.6) is 0 Å². The first-order chi connectivity index (χ1) is 22.3. The van der Waals surface area contributed by atoms with Gasteiger partial charge < -0.3 is 19.7 Å². The molecule has 2 N–H and O–H groups in total. The van der Waals surface area contributed by atoms with Crippen LogP contribution in [0, 0.1) is 0 Å². The van der Waals surface area contributed by atoms with Gasteiger partial charge in [-0.3, -0.25) is 9.69 Å². The van der Waals surface area contributed by atoms with Crippen LogP contribution < -0.4 is 10.2 Å². The highest BCUT2D eigenvalue weighted by atomic mass is 28.4. The van der Waals surface area contributed by atoms with E-state index >= 15 is 0 Å². The normalized spacial score (nSPS) is 14.7. The minimum absolute atomic E-state index is 0.0807. The summed E-state index contributed by atoms with van der Waals surface area (Å²) >= 11 is 0. The molecule has 0 radical (unpaired) electrons. The molecule has 0 saturated carbocycles. The van der Waals surface area contributed by atoms with Crippen molar-refractivity contribution in [3.8, 4) is 11.1 Å². The summed E-state index contributed by atoms with van der Waals surface area (Å²) in [5.41, 5.74) is 5.37. The number of carbonyl (C=O) groups is 2. The van der Waals surface area contributed by atoms with Crippen molar-refractivity contribution in [1.29, 1.82) is 0 Å². The maximum atomic E-state index is 13.1. The van der Waals surface area contributed by atoms with E-state index in [0.29, 0.717) is 18.7 Å². The van der Waals surface area contributed by atoms with Crippen molar-refractivity contribution in [2.75, 3.05) is 30.4 Å². The molecule has 1 saturated heterocycles. The number of nitrogens with zero attached hydrogens (tertiary/aromatic N) is 2. The standard InChI is InChI=1S/C39H49N3O4Si/c1-39(2,3)47(5,6)46-27-29-12-15-32-26-33(17-16-31(32)24-29)40-37(43)19-14-28-13-18-35(30-10-8-7-9-11-30)36(25-28)42(38(44)45)34-20-22-41(4)23-21-34/h7-13,15-18,24-26,34H,14,19-23,27H2,1-6H3,(H,40,43)(H,44,45). The number of carbonyl (C=O) groups excluding carboxylic acids is 1. The molecule has 4 aromatic rings. The molecule has 2 amide bonds. The molecule has 8 heteroatoms. The van der Waals surface area contributed by atoms with E-state index in [-0.39, 0.29) is 23.4 Å². The molecular formula is C39H49N3O4Si. The van der Waals surface area contributed by atoms with Gasteiger partial charge in [-0.25, -0.2) is 4.79 Å². The molecule has 4 aromatic carbocycles. The van der Waals surface area contributed by atoms with Crippen LogP contribution in [-0.4, -0.2) is 56.5 Å². The Morgan fingerprint density at radius 2 is 1.57 bits per heavy atom. The lowest BCUT2D eigenvalue weighted by Crippen LogP contribution is -2.46. The quantitative estimate of drug-likeness (QED) is 0.167. The van der Waals surface area contributed by atoms with Gasteiger partial charge in [0, 0.05) is 23.7 Å². The van der Waals surface area contributed by atoms with Gasteiger partial charge in [-0.1, -0.05) is 81.4 Å². The van der Waals surface area contributed by atoms with Gasteiger partial charge >= 0.3 is 6.09 Å². The Bertz CT molecular complexity index is 1710. The zero-order valence-corrected chi connectivity index (χ0v) is 29.7. The summed E-state index contributed by atoms with van der Waals surface area (Å²) in [5.74, 6) is -0.0807. The third-order valence-electron chi connectivity index (χ3n) is 9.90. The second-order valence-corrected chi connectivity index (χ2v) is 19.2. The molecule has 0 aliphatic carbocycles. The predicted molar refractivity (Wildman–Crippen MR) is 196 cm³/mol. The number of carboxylic acid groups (broad SMARTS) is 1. The van der Waals surface area contributed by atoms with E-state index in [4.69, 9.17) is 4.43 Å². The van der Waals surface area contributed by atoms with E-state index < -0.39 is 14.4 Å². The highest BCUT2D eigenvalue weighted by Gasteiger charge is 2.37. The number of aryl methyl sites for hydroxylation is 1. The molecule has 248 valence electrons. The molecular weight excluding hydrogens is 603 g/mol. The number of rotatable bonds is 10. The lowest BCUT2D eigenvalue weighted by Gasteiger charge is -2.36. The minimum Gasteiger partial charge on any atom is -0.465 e. The van der Waals surface area contributed by atoms with Crippen molar-refractivity contribution >= 4 is 42.5 Å². The van der Waals surface area contributed by atoms with Gasteiger partial charge in [-0.15, -0.1) is 0 Å². The number of hydrogen-bond acceptors (Lipinski definition) is 4. The predicted octanol–water partition coefficient (Wildman–Crippen LogP) is 9.18. The fourth-order valence-electron chi connectivity index (χ4n) is 5.93. The number of anilines is 2. The molecule has 0 aromatic heterocycles. The third kappa shape index (κ3) is 8.49. The molecule has 0 bridgehead atoms. The van der Waals surface area contributed by atoms with E-state index in [9.17, 15) is 14.7 Å². The van der Waals surface area contributed by atoms with E-state index in [1.165, 1.54) is 0 Å². The summed E-state index contributed by atoms with van der Waals surface area (Å²) in [7, 11) is 0.237. The van der Waals surface area contributed by atoms with Crippen LogP contribution in [0.2, 0.25) is 18.1 Å². The van der Waals surface area contributed by atoms with Gasteiger partial charge in [-0.05, 0) is 109 Å². The van der Waals surface area contributed by atoms with Gasteiger partial charge in [0.25, 0.3) is 0 Å². The number of nitrogens with one attached hydrogen (secondary N) is 1. The molecule has 0 unspecified atom stereocenters. The fraction of sp³-hybridized carbons (Fsp3) is 0.385. The van der Waals surface area contributed by atoms with Crippen molar-refractivity contribution in [3.63, 3.8) is 0 Å². The first-order valence-electron chi connectivity index (χ1n) is 16.7. The van der Waals surface area contributed by atoms with Crippen molar-refractivity contribution in [1.82, 2.24) is 4.90 Å². The lowest BCUT2D eigenvalue weighted by molar-refractivity contribution is -0.116. The summed E-state index contributed by atoms with van der Waals surface area (Å²) in [6.07, 6.45) is 1.40. The van der Waals surface area contributed by atoms with Gasteiger partial charge in [-0.2, -0.15) is 0 Å². The second-order valence-electron chi connectivity index (χ2n) is 14.4. The van der Waals surface area contributed by atoms with Gasteiger partial charge in [0.1, 0.15) is 0 Å². The molecule has 1 fully saturated rings. The Morgan fingerprint density at radius 3 is 2.26 bits per heavy atom. The Balaban J connectivity index is 1.28. The van der Waals surface area contributed by atoms with Gasteiger partial charge in [0.05, 0.1) is 12.3 Å². The molecule has 7 nitrogen and oxygen atoms in total. The van der Waals surface area contributed by atoms with Gasteiger partial charge in [0.15, 0.2) is 8.32 Å². The Morgan fingerprint density at radius 1 is 0.915 bits per heavy atom. The van der Waals surface area contributed by atoms with Crippen molar-refractivity contribution in [3.05, 3.63) is 96.1 Å². The summed E-state index contributed by atoms with van der Waals surface area (Å²) < 4.78 is 6.41. The first kappa shape index (κ1) is 34.4. The van der Waals surface area contributed by atoms with E-state index in [2.05, 4.69) is 69.3 Å². The van der Waals surface area contributed by atoms with Crippen molar-refractivity contribution < 1.29 is 19.1 Å². The smallest absolute Gasteiger partial charge is 0.412 e. The summed E-state index contributed by atoms with van der Waals surface area (Å²) in [4.78, 5) is 29.6. The molecule has 47 heavy (non-hydrogen) atoms. The fourth-order valence-corrected chi connectivity index (χ4v) is 6.89. The van der Waals surface area contributed by atoms with Crippen LogP contribution in [-0.2, 0) is 22.2 Å². The van der Waals surface area contributed by atoms with Crippen LogP contribution >= 0.6 is 0 Å². The van der Waals surface area contributed by atoms with Crippen LogP contribution in [0.15, 0.2) is 84.9 Å². The molecule has 1 heterocycles. The van der Waals surface area contributed by atoms with Crippen molar-refractivity contribution in [2.24, 2.45) is 0 Å². The van der Waals surface area contributed by atoms with Crippen LogP contribution in [0.1, 0.15) is 51.2 Å². The third-order valence-corrected chi connectivity index (χ3v) is 14.4. The molecule has 1 aliphatic heterocycles. The zero-order chi connectivity index (χ0) is 33.8. The summed E-state index contributed by atoms with van der Waals surface area (Å²) in [6, 6.07) is 28.1.